The van der Waals surface area contributed by atoms with Crippen molar-refractivity contribution < 1.29 is 14.3 Å². The zero-order valence-corrected chi connectivity index (χ0v) is 13.8. The number of carbonyl (C=O) groups excluding carboxylic acids is 2. The molecule has 0 aliphatic rings. The number of alkyl carbamates (subject to hydrolysis) is 1. The van der Waals surface area contributed by atoms with E-state index in [0.29, 0.717) is 6.54 Å². The summed E-state index contributed by atoms with van der Waals surface area (Å²) in [5.74, 6) is 0. The molecule has 4 nitrogen and oxygen atoms in total. The monoisotopic (exact) mass is 297 g/mol. The van der Waals surface area contributed by atoms with E-state index in [-0.39, 0.29) is 6.09 Å². The third-order valence-corrected chi connectivity index (χ3v) is 2.93. The molecule has 1 amide bonds. The van der Waals surface area contributed by atoms with Crippen molar-refractivity contribution in [3.63, 3.8) is 0 Å². The summed E-state index contributed by atoms with van der Waals surface area (Å²) < 4.78 is 5.16. The van der Waals surface area contributed by atoms with Crippen LogP contribution in [0.4, 0.5) is 4.79 Å². The van der Waals surface area contributed by atoms with Crippen molar-refractivity contribution in [3.8, 4) is 0 Å². The number of allylic oxidation sites excluding steroid dienone is 2. The van der Waals surface area contributed by atoms with Crippen LogP contribution in [-0.4, -0.2) is 24.5 Å². The van der Waals surface area contributed by atoms with Gasteiger partial charge in [-0.25, -0.2) is 4.79 Å². The largest absolute Gasteiger partial charge is 0.444 e. The van der Waals surface area contributed by atoms with Crippen molar-refractivity contribution in [2.24, 2.45) is 0 Å². The van der Waals surface area contributed by atoms with Crippen LogP contribution in [0.2, 0.25) is 0 Å². The van der Waals surface area contributed by atoms with Gasteiger partial charge in [-0.15, -0.1) is 0 Å². The first-order chi connectivity index (χ1) is 9.95. The van der Waals surface area contributed by atoms with Gasteiger partial charge in [-0.3, -0.25) is 4.79 Å². The number of hydrogen-bond donors (Lipinski definition) is 1. The first-order valence-corrected chi connectivity index (χ1v) is 8.03. The van der Waals surface area contributed by atoms with Crippen molar-refractivity contribution in [1.82, 2.24) is 5.32 Å². The van der Waals surface area contributed by atoms with Crippen LogP contribution >= 0.6 is 0 Å². The molecule has 1 N–H and O–H groups in total. The Kier molecular flexibility index (Phi) is 11.6. The van der Waals surface area contributed by atoms with Gasteiger partial charge in [0.1, 0.15) is 11.9 Å². The van der Waals surface area contributed by atoms with Crippen molar-refractivity contribution in [2.75, 3.05) is 6.54 Å². The van der Waals surface area contributed by atoms with Crippen LogP contribution in [0.25, 0.3) is 0 Å². The van der Waals surface area contributed by atoms with Gasteiger partial charge >= 0.3 is 6.09 Å². The number of nitrogens with one attached hydrogen (secondary N) is 1. The van der Waals surface area contributed by atoms with E-state index < -0.39 is 5.60 Å². The van der Waals surface area contributed by atoms with Crippen LogP contribution in [0.1, 0.15) is 72.1 Å². The predicted molar refractivity (Wildman–Crippen MR) is 86.4 cm³/mol. The number of unbranched alkanes of at least 4 members (excludes halogenated alkanes) is 7. The van der Waals surface area contributed by atoms with E-state index in [4.69, 9.17) is 4.74 Å². The number of ether oxygens (including phenoxy) is 1. The van der Waals surface area contributed by atoms with Gasteiger partial charge in [-0.2, -0.15) is 0 Å². The minimum atomic E-state index is -0.426. The lowest BCUT2D eigenvalue weighted by atomic mass is 10.1. The highest BCUT2D eigenvalue weighted by molar-refractivity contribution is 5.67. The summed E-state index contributed by atoms with van der Waals surface area (Å²) >= 11 is 0. The SMILES string of the molecule is CC(C)(C)OC(=O)NCCCCCCCCC/C=C/C=O. The molecule has 21 heavy (non-hydrogen) atoms. The summed E-state index contributed by atoms with van der Waals surface area (Å²) in [4.78, 5) is 21.4. The maximum Gasteiger partial charge on any atom is 0.407 e. The fourth-order valence-electron chi connectivity index (χ4n) is 1.93. The number of aldehydes is 1. The average molecular weight is 297 g/mol. The Balaban J connectivity index is 3.24. The zero-order chi connectivity index (χ0) is 16.0. The van der Waals surface area contributed by atoms with Crippen molar-refractivity contribution in [3.05, 3.63) is 12.2 Å². The molecule has 0 aromatic carbocycles. The summed E-state index contributed by atoms with van der Waals surface area (Å²) in [5.41, 5.74) is -0.426. The van der Waals surface area contributed by atoms with E-state index in [0.717, 1.165) is 32.0 Å². The molecule has 0 radical (unpaired) electrons. The minimum absolute atomic E-state index is 0.328. The summed E-state index contributed by atoms with van der Waals surface area (Å²) in [5, 5.41) is 2.77. The van der Waals surface area contributed by atoms with Gasteiger partial charge in [0.25, 0.3) is 0 Å². The summed E-state index contributed by atoms with van der Waals surface area (Å²) in [6.45, 7) is 6.27. The highest BCUT2D eigenvalue weighted by Gasteiger charge is 2.15. The van der Waals surface area contributed by atoms with Crippen molar-refractivity contribution >= 4 is 12.4 Å². The normalized spacial score (nSPS) is 11.6. The molecule has 0 aliphatic carbocycles. The number of hydrogen-bond acceptors (Lipinski definition) is 3. The lowest BCUT2D eigenvalue weighted by Gasteiger charge is -2.19. The quantitative estimate of drug-likeness (QED) is 0.349. The van der Waals surface area contributed by atoms with Gasteiger partial charge in [-0.05, 0) is 46.1 Å². The second kappa shape index (κ2) is 12.4. The van der Waals surface area contributed by atoms with Crippen LogP contribution in [0.3, 0.4) is 0 Å². The van der Waals surface area contributed by atoms with Crippen molar-refractivity contribution in [2.45, 2.75) is 77.7 Å². The highest BCUT2D eigenvalue weighted by atomic mass is 16.6. The van der Waals surface area contributed by atoms with Gasteiger partial charge in [0.05, 0.1) is 0 Å². The third kappa shape index (κ3) is 16.6. The van der Waals surface area contributed by atoms with E-state index in [1.165, 1.54) is 25.7 Å². The molecular formula is C17H31NO3. The van der Waals surface area contributed by atoms with Crippen molar-refractivity contribution in [1.29, 1.82) is 0 Å². The van der Waals surface area contributed by atoms with Crippen LogP contribution in [-0.2, 0) is 9.53 Å². The highest BCUT2D eigenvalue weighted by Crippen LogP contribution is 2.09. The molecule has 0 aromatic heterocycles. The van der Waals surface area contributed by atoms with Gasteiger partial charge in [-0.1, -0.05) is 38.2 Å². The Labute approximate surface area is 129 Å². The lowest BCUT2D eigenvalue weighted by molar-refractivity contribution is -0.104. The van der Waals surface area contributed by atoms with Crippen LogP contribution in [0.5, 0.6) is 0 Å². The molecule has 0 unspecified atom stereocenters. The van der Waals surface area contributed by atoms with E-state index in [2.05, 4.69) is 5.32 Å². The molecule has 0 atom stereocenters. The summed E-state index contributed by atoms with van der Waals surface area (Å²) in [7, 11) is 0. The Morgan fingerprint density at radius 1 is 1.00 bits per heavy atom. The van der Waals surface area contributed by atoms with E-state index >= 15 is 0 Å². The van der Waals surface area contributed by atoms with E-state index in [9.17, 15) is 9.59 Å². The molecule has 0 bridgehead atoms. The molecule has 0 saturated carbocycles. The molecule has 0 saturated heterocycles. The second-order valence-corrected chi connectivity index (χ2v) is 6.26. The topological polar surface area (TPSA) is 55.4 Å². The number of rotatable bonds is 11. The number of carbonyl (C=O) groups is 2. The molecular weight excluding hydrogens is 266 g/mol. The van der Waals surface area contributed by atoms with Gasteiger partial charge in [0.2, 0.25) is 0 Å². The fraction of sp³-hybridized carbons (Fsp3) is 0.765. The van der Waals surface area contributed by atoms with Crippen LogP contribution in [0, 0.1) is 0 Å². The first-order valence-electron chi connectivity index (χ1n) is 8.03. The van der Waals surface area contributed by atoms with Gasteiger partial charge < -0.3 is 10.1 Å². The molecule has 0 fully saturated rings. The zero-order valence-electron chi connectivity index (χ0n) is 13.8. The Morgan fingerprint density at radius 2 is 1.57 bits per heavy atom. The molecule has 0 aromatic rings. The number of amides is 1. The van der Waals surface area contributed by atoms with E-state index in [1.807, 2.05) is 26.8 Å². The molecule has 0 rings (SSSR count). The van der Waals surface area contributed by atoms with Crippen LogP contribution < -0.4 is 5.32 Å². The predicted octanol–water partition coefficient (Wildman–Crippen LogP) is 4.39. The molecule has 122 valence electrons. The smallest absolute Gasteiger partial charge is 0.407 e. The Bertz CT molecular complexity index is 306. The maximum atomic E-state index is 11.4. The van der Waals surface area contributed by atoms with Gasteiger partial charge in [0.15, 0.2) is 0 Å². The van der Waals surface area contributed by atoms with Crippen LogP contribution in [0.15, 0.2) is 12.2 Å². The average Bonchev–Trinajstić information content (AvgIpc) is 2.38. The van der Waals surface area contributed by atoms with E-state index in [1.54, 1.807) is 6.08 Å². The molecule has 4 heteroatoms. The summed E-state index contributed by atoms with van der Waals surface area (Å²) in [6, 6.07) is 0. The Hall–Kier alpha value is -1.32. The van der Waals surface area contributed by atoms with Gasteiger partial charge in [0, 0.05) is 6.54 Å². The standard InChI is InChI=1S/C17H31NO3/c1-17(2,3)21-16(20)18-14-12-10-8-6-4-5-7-9-11-13-15-19/h11,13,15H,4-10,12,14H2,1-3H3,(H,18,20)/b13-11+. The summed E-state index contributed by atoms with van der Waals surface area (Å²) in [6.07, 6.45) is 13.2. The first kappa shape index (κ1) is 19.7. The second-order valence-electron chi connectivity index (χ2n) is 6.26. The molecule has 0 aliphatic heterocycles. The molecule has 0 spiro atoms. The Morgan fingerprint density at radius 3 is 2.14 bits per heavy atom. The third-order valence-electron chi connectivity index (χ3n) is 2.93. The minimum Gasteiger partial charge on any atom is -0.444 e. The molecule has 0 heterocycles. The fourth-order valence-corrected chi connectivity index (χ4v) is 1.93. The maximum absolute atomic E-state index is 11.4. The lowest BCUT2D eigenvalue weighted by Crippen LogP contribution is -2.32.